The monoisotopic (exact) mass is 252 g/mol. The van der Waals surface area contributed by atoms with E-state index in [4.69, 9.17) is 39.5 Å². The van der Waals surface area contributed by atoms with Gasteiger partial charge in [-0.3, -0.25) is 4.79 Å². The molecule has 0 aliphatic rings. The lowest BCUT2D eigenvalue weighted by molar-refractivity contribution is 0.0996. The SMILES string of the molecule is COc1cccc(C(=O)C(Cl)(Cl)Cl)c1. The van der Waals surface area contributed by atoms with Crippen LogP contribution in [0.4, 0.5) is 0 Å². The quantitative estimate of drug-likeness (QED) is 0.597. The minimum atomic E-state index is -1.92. The van der Waals surface area contributed by atoms with E-state index in [9.17, 15) is 4.79 Å². The van der Waals surface area contributed by atoms with Gasteiger partial charge >= 0.3 is 0 Å². The Labute approximate surface area is 96.7 Å². The number of Topliss-reactive ketones (excluding diaryl/α,β-unsaturated/α-hetero) is 1. The number of ether oxygens (including phenoxy) is 1. The maximum atomic E-state index is 11.5. The predicted molar refractivity (Wildman–Crippen MR) is 57.6 cm³/mol. The van der Waals surface area contributed by atoms with Crippen LogP contribution in [0.25, 0.3) is 0 Å². The lowest BCUT2D eigenvalue weighted by Gasteiger charge is -2.09. The number of halogens is 3. The maximum Gasteiger partial charge on any atom is 0.253 e. The Morgan fingerprint density at radius 3 is 2.50 bits per heavy atom. The molecule has 0 spiro atoms. The first-order valence-corrected chi connectivity index (χ1v) is 4.84. The number of hydrogen-bond donors (Lipinski definition) is 0. The number of ketones is 1. The minimum absolute atomic E-state index is 0.310. The van der Waals surface area contributed by atoms with E-state index >= 15 is 0 Å². The van der Waals surface area contributed by atoms with Gasteiger partial charge in [0.15, 0.2) is 0 Å². The summed E-state index contributed by atoms with van der Waals surface area (Å²) in [5.74, 6) is -0.0218. The van der Waals surface area contributed by atoms with Crippen LogP contribution < -0.4 is 4.74 Å². The van der Waals surface area contributed by atoms with Gasteiger partial charge in [0.2, 0.25) is 5.78 Å². The number of methoxy groups -OCH3 is 1. The summed E-state index contributed by atoms with van der Waals surface area (Å²) < 4.78 is 3.01. The third-order valence-electron chi connectivity index (χ3n) is 1.59. The second-order valence-electron chi connectivity index (χ2n) is 2.56. The van der Waals surface area contributed by atoms with Crippen molar-refractivity contribution in [1.82, 2.24) is 0 Å². The third-order valence-corrected chi connectivity index (χ3v) is 2.10. The summed E-state index contributed by atoms with van der Waals surface area (Å²) in [7, 11) is 1.50. The van der Waals surface area contributed by atoms with Gasteiger partial charge in [0.25, 0.3) is 3.79 Å². The largest absolute Gasteiger partial charge is 0.497 e. The van der Waals surface area contributed by atoms with Crippen molar-refractivity contribution < 1.29 is 9.53 Å². The summed E-state index contributed by atoms with van der Waals surface area (Å²) in [6, 6.07) is 6.44. The molecule has 0 amide bonds. The van der Waals surface area contributed by atoms with Gasteiger partial charge in [-0.1, -0.05) is 46.9 Å². The van der Waals surface area contributed by atoms with Crippen LogP contribution in [0.1, 0.15) is 10.4 Å². The lowest BCUT2D eigenvalue weighted by Crippen LogP contribution is -2.18. The Balaban J connectivity index is 3.02. The minimum Gasteiger partial charge on any atom is -0.497 e. The van der Waals surface area contributed by atoms with Gasteiger partial charge < -0.3 is 4.74 Å². The maximum absolute atomic E-state index is 11.5. The summed E-state index contributed by atoms with van der Waals surface area (Å²) in [6.07, 6.45) is 0. The zero-order valence-corrected chi connectivity index (χ0v) is 9.53. The highest BCUT2D eigenvalue weighted by molar-refractivity contribution is 6.77. The molecular formula is C9H7Cl3O2. The molecule has 0 aromatic heterocycles. The van der Waals surface area contributed by atoms with Crippen molar-refractivity contribution >= 4 is 40.6 Å². The number of alkyl halides is 3. The molecule has 1 rings (SSSR count). The van der Waals surface area contributed by atoms with Crippen LogP contribution in [0.3, 0.4) is 0 Å². The molecule has 0 saturated carbocycles. The van der Waals surface area contributed by atoms with Gasteiger partial charge in [-0.15, -0.1) is 0 Å². The Hall–Kier alpha value is -0.440. The molecule has 1 aromatic carbocycles. The van der Waals surface area contributed by atoms with Crippen LogP contribution >= 0.6 is 34.8 Å². The number of rotatable bonds is 2. The summed E-state index contributed by atoms with van der Waals surface area (Å²) >= 11 is 16.4. The van der Waals surface area contributed by atoms with Gasteiger partial charge in [-0.05, 0) is 12.1 Å². The Morgan fingerprint density at radius 2 is 2.00 bits per heavy atom. The molecule has 0 heterocycles. The summed E-state index contributed by atoms with van der Waals surface area (Å²) in [4.78, 5) is 11.5. The Kier molecular flexibility index (Phi) is 3.65. The smallest absolute Gasteiger partial charge is 0.253 e. The molecular weight excluding hydrogens is 246 g/mol. The fourth-order valence-electron chi connectivity index (χ4n) is 0.928. The highest BCUT2D eigenvalue weighted by atomic mass is 35.6. The van der Waals surface area contributed by atoms with Crippen LogP contribution in [-0.2, 0) is 0 Å². The molecule has 0 saturated heterocycles. The van der Waals surface area contributed by atoms with Gasteiger partial charge in [0.05, 0.1) is 7.11 Å². The molecule has 5 heteroatoms. The average Bonchev–Trinajstić information content (AvgIpc) is 2.15. The Bertz CT molecular complexity index is 344. The first kappa shape index (κ1) is 11.6. The van der Waals surface area contributed by atoms with Gasteiger partial charge in [-0.25, -0.2) is 0 Å². The van der Waals surface area contributed by atoms with Crippen molar-refractivity contribution in [2.45, 2.75) is 3.79 Å². The van der Waals surface area contributed by atoms with Gasteiger partial charge in [0.1, 0.15) is 5.75 Å². The highest BCUT2D eigenvalue weighted by Crippen LogP contribution is 2.31. The number of benzene rings is 1. The van der Waals surface area contributed by atoms with Crippen molar-refractivity contribution in [2.24, 2.45) is 0 Å². The highest BCUT2D eigenvalue weighted by Gasteiger charge is 2.31. The van der Waals surface area contributed by atoms with Crippen LogP contribution in [0.5, 0.6) is 5.75 Å². The molecule has 1 aromatic rings. The summed E-state index contributed by atoms with van der Waals surface area (Å²) in [6.45, 7) is 0. The zero-order valence-electron chi connectivity index (χ0n) is 7.26. The molecule has 0 unspecified atom stereocenters. The Morgan fingerprint density at radius 1 is 1.36 bits per heavy atom. The van der Waals surface area contributed by atoms with Crippen molar-refractivity contribution in [3.05, 3.63) is 29.8 Å². The predicted octanol–water partition coefficient (Wildman–Crippen LogP) is 3.25. The number of carbonyl (C=O) groups excluding carboxylic acids is 1. The topological polar surface area (TPSA) is 26.3 Å². The fourth-order valence-corrected chi connectivity index (χ4v) is 1.26. The molecule has 0 aliphatic carbocycles. The lowest BCUT2D eigenvalue weighted by atomic mass is 10.1. The van der Waals surface area contributed by atoms with Crippen LogP contribution in [0.15, 0.2) is 24.3 Å². The molecule has 0 atom stereocenters. The molecule has 0 fully saturated rings. The van der Waals surface area contributed by atoms with Gasteiger partial charge in [-0.2, -0.15) is 0 Å². The zero-order chi connectivity index (χ0) is 10.8. The normalized spacial score (nSPS) is 11.1. The first-order chi connectivity index (χ1) is 6.45. The van der Waals surface area contributed by atoms with E-state index in [0.717, 1.165) is 0 Å². The van der Waals surface area contributed by atoms with E-state index in [0.29, 0.717) is 11.3 Å². The van der Waals surface area contributed by atoms with E-state index in [1.807, 2.05) is 0 Å². The number of carbonyl (C=O) groups is 1. The molecule has 0 radical (unpaired) electrons. The molecule has 2 nitrogen and oxygen atoms in total. The van der Waals surface area contributed by atoms with E-state index in [-0.39, 0.29) is 0 Å². The van der Waals surface area contributed by atoms with Crippen LogP contribution in [0.2, 0.25) is 0 Å². The summed E-state index contributed by atoms with van der Waals surface area (Å²) in [5, 5.41) is 0. The van der Waals surface area contributed by atoms with Crippen LogP contribution in [-0.4, -0.2) is 16.7 Å². The molecule has 0 bridgehead atoms. The molecule has 0 aliphatic heterocycles. The number of hydrogen-bond acceptors (Lipinski definition) is 2. The fraction of sp³-hybridized carbons (Fsp3) is 0.222. The van der Waals surface area contributed by atoms with Crippen molar-refractivity contribution in [3.63, 3.8) is 0 Å². The second kappa shape index (κ2) is 4.39. The van der Waals surface area contributed by atoms with Crippen molar-refractivity contribution in [3.8, 4) is 5.75 Å². The first-order valence-electron chi connectivity index (χ1n) is 3.70. The molecule has 76 valence electrons. The second-order valence-corrected chi connectivity index (χ2v) is 4.84. The van der Waals surface area contributed by atoms with Crippen molar-refractivity contribution in [1.29, 1.82) is 0 Å². The van der Waals surface area contributed by atoms with E-state index in [2.05, 4.69) is 0 Å². The van der Waals surface area contributed by atoms with Crippen LogP contribution in [0, 0.1) is 0 Å². The van der Waals surface area contributed by atoms with E-state index < -0.39 is 9.58 Å². The van der Waals surface area contributed by atoms with Gasteiger partial charge in [0, 0.05) is 5.56 Å². The van der Waals surface area contributed by atoms with E-state index in [1.54, 1.807) is 18.2 Å². The van der Waals surface area contributed by atoms with Crippen molar-refractivity contribution in [2.75, 3.05) is 7.11 Å². The standard InChI is InChI=1S/C9H7Cl3O2/c1-14-7-4-2-3-6(5-7)8(13)9(10,11)12/h2-5H,1H3. The average molecular weight is 254 g/mol. The summed E-state index contributed by atoms with van der Waals surface area (Å²) in [5.41, 5.74) is 0.310. The third kappa shape index (κ3) is 2.77. The molecule has 0 N–H and O–H groups in total. The van der Waals surface area contributed by atoms with E-state index in [1.165, 1.54) is 13.2 Å². The molecule has 14 heavy (non-hydrogen) atoms.